The summed E-state index contributed by atoms with van der Waals surface area (Å²) < 4.78 is 43.9. The second kappa shape index (κ2) is 9.71. The Morgan fingerprint density at radius 3 is 2.52 bits per heavy atom. The van der Waals surface area contributed by atoms with Crippen molar-refractivity contribution in [2.24, 2.45) is 0 Å². The quantitative estimate of drug-likeness (QED) is 0.743. The third-order valence-electron chi connectivity index (χ3n) is 4.70. The van der Waals surface area contributed by atoms with E-state index in [0.717, 1.165) is 30.8 Å². The highest BCUT2D eigenvalue weighted by Crippen LogP contribution is 2.29. The third-order valence-corrected chi connectivity index (χ3v) is 4.70. The second-order valence-electron chi connectivity index (χ2n) is 6.84. The van der Waals surface area contributed by atoms with E-state index >= 15 is 0 Å². The number of carbonyl (C=O) groups excluding carboxylic acids is 1. The predicted molar refractivity (Wildman–Crippen MR) is 105 cm³/mol. The van der Waals surface area contributed by atoms with Crippen LogP contribution in [0.15, 0.2) is 60.7 Å². The zero-order valence-corrected chi connectivity index (χ0v) is 15.9. The summed E-state index contributed by atoms with van der Waals surface area (Å²) in [5.41, 5.74) is 0.550. The molecule has 0 spiro atoms. The minimum absolute atomic E-state index is 0.229. The average molecular weight is 404 g/mol. The molecule has 2 aromatic rings. The molecular weight excluding hydrogens is 381 g/mol. The van der Waals surface area contributed by atoms with Crippen LogP contribution in [0.3, 0.4) is 0 Å². The zero-order valence-electron chi connectivity index (χ0n) is 15.9. The maximum absolute atomic E-state index is 12.8. The van der Waals surface area contributed by atoms with Crippen LogP contribution in [0.1, 0.15) is 22.7 Å². The Labute approximate surface area is 168 Å². The average Bonchev–Trinajstić information content (AvgIpc) is 2.73. The van der Waals surface area contributed by atoms with E-state index in [9.17, 15) is 18.0 Å². The van der Waals surface area contributed by atoms with Crippen LogP contribution in [0.25, 0.3) is 6.08 Å². The summed E-state index contributed by atoms with van der Waals surface area (Å²) in [6.07, 6.45) is -1.76. The van der Waals surface area contributed by atoms with Gasteiger partial charge in [0, 0.05) is 25.7 Å². The van der Waals surface area contributed by atoms with Crippen molar-refractivity contribution in [2.75, 3.05) is 32.8 Å². The molecule has 0 aliphatic carbocycles. The van der Waals surface area contributed by atoms with E-state index in [1.807, 2.05) is 30.3 Å². The molecule has 29 heavy (non-hydrogen) atoms. The molecule has 2 aromatic carbocycles. The van der Waals surface area contributed by atoms with Gasteiger partial charge in [-0.15, -0.1) is 0 Å². The standard InChI is InChI=1S/C22H23F3N2O2/c23-22(24,25)19-8-4-5-17(15-19)9-10-21(28)26-20(18-6-2-1-3-7-18)16-27-11-13-29-14-12-27/h1-10,15,20H,11-14,16H2,(H,26,28)/b10-9+/t20-/m1/s1. The number of rotatable bonds is 6. The zero-order chi connectivity index (χ0) is 20.7. The Bertz CT molecular complexity index is 831. The molecule has 0 bridgehead atoms. The number of amides is 1. The van der Waals surface area contributed by atoms with Gasteiger partial charge in [0.2, 0.25) is 5.91 Å². The summed E-state index contributed by atoms with van der Waals surface area (Å²) in [5.74, 6) is -0.357. The smallest absolute Gasteiger partial charge is 0.379 e. The van der Waals surface area contributed by atoms with Crippen LogP contribution in [0.4, 0.5) is 13.2 Å². The summed E-state index contributed by atoms with van der Waals surface area (Å²) >= 11 is 0. The lowest BCUT2D eigenvalue weighted by Gasteiger charge is -2.31. The number of hydrogen-bond donors (Lipinski definition) is 1. The molecular formula is C22H23F3N2O2. The number of halogens is 3. The van der Waals surface area contributed by atoms with Crippen molar-refractivity contribution in [1.82, 2.24) is 10.2 Å². The van der Waals surface area contributed by atoms with Gasteiger partial charge in [-0.1, -0.05) is 42.5 Å². The number of benzene rings is 2. The molecule has 154 valence electrons. The van der Waals surface area contributed by atoms with E-state index < -0.39 is 11.7 Å². The molecule has 0 saturated carbocycles. The van der Waals surface area contributed by atoms with Gasteiger partial charge in [-0.3, -0.25) is 9.69 Å². The summed E-state index contributed by atoms with van der Waals surface area (Å²) in [7, 11) is 0. The Kier molecular flexibility index (Phi) is 7.06. The van der Waals surface area contributed by atoms with E-state index in [-0.39, 0.29) is 11.9 Å². The van der Waals surface area contributed by atoms with Crippen molar-refractivity contribution in [2.45, 2.75) is 12.2 Å². The van der Waals surface area contributed by atoms with Crippen LogP contribution < -0.4 is 5.32 Å². The lowest BCUT2D eigenvalue weighted by Crippen LogP contribution is -2.42. The third kappa shape index (κ3) is 6.44. The van der Waals surface area contributed by atoms with Crippen molar-refractivity contribution >= 4 is 12.0 Å². The van der Waals surface area contributed by atoms with Gasteiger partial charge >= 0.3 is 6.18 Å². The fourth-order valence-electron chi connectivity index (χ4n) is 3.17. The predicted octanol–water partition coefficient (Wildman–Crippen LogP) is 3.91. The van der Waals surface area contributed by atoms with Gasteiger partial charge in [-0.25, -0.2) is 0 Å². The highest BCUT2D eigenvalue weighted by Gasteiger charge is 2.30. The van der Waals surface area contributed by atoms with Crippen molar-refractivity contribution in [3.63, 3.8) is 0 Å². The first kappa shape index (κ1) is 21.1. The normalized spacial score (nSPS) is 16.7. The van der Waals surface area contributed by atoms with Crippen LogP contribution in [-0.4, -0.2) is 43.7 Å². The van der Waals surface area contributed by atoms with Crippen molar-refractivity contribution in [1.29, 1.82) is 0 Å². The second-order valence-corrected chi connectivity index (χ2v) is 6.84. The molecule has 1 aliphatic heterocycles. The highest BCUT2D eigenvalue weighted by atomic mass is 19.4. The number of ether oxygens (including phenoxy) is 1. The molecule has 7 heteroatoms. The number of alkyl halides is 3. The Morgan fingerprint density at radius 2 is 1.83 bits per heavy atom. The van der Waals surface area contributed by atoms with Crippen molar-refractivity contribution in [3.05, 3.63) is 77.4 Å². The SMILES string of the molecule is O=C(/C=C/c1cccc(C(F)(F)F)c1)N[C@H](CN1CCOCC1)c1ccccc1. The highest BCUT2D eigenvalue weighted by molar-refractivity contribution is 5.92. The molecule has 1 atom stereocenters. The number of nitrogens with one attached hydrogen (secondary N) is 1. The van der Waals surface area contributed by atoms with Crippen LogP contribution in [0.2, 0.25) is 0 Å². The van der Waals surface area contributed by atoms with Gasteiger partial charge in [-0.05, 0) is 29.3 Å². The number of hydrogen-bond acceptors (Lipinski definition) is 3. The van der Waals surface area contributed by atoms with Crippen molar-refractivity contribution in [3.8, 4) is 0 Å². The van der Waals surface area contributed by atoms with E-state index in [2.05, 4.69) is 10.2 Å². The molecule has 1 saturated heterocycles. The van der Waals surface area contributed by atoms with E-state index in [0.29, 0.717) is 25.3 Å². The lowest BCUT2D eigenvalue weighted by atomic mass is 10.1. The van der Waals surface area contributed by atoms with Gasteiger partial charge < -0.3 is 10.1 Å². The largest absolute Gasteiger partial charge is 0.416 e. The molecule has 0 unspecified atom stereocenters. The molecule has 1 N–H and O–H groups in total. The summed E-state index contributed by atoms with van der Waals surface area (Å²) in [4.78, 5) is 14.7. The first-order valence-corrected chi connectivity index (χ1v) is 9.43. The lowest BCUT2D eigenvalue weighted by molar-refractivity contribution is -0.137. The van der Waals surface area contributed by atoms with Gasteiger partial charge in [0.15, 0.2) is 0 Å². The minimum Gasteiger partial charge on any atom is -0.379 e. The van der Waals surface area contributed by atoms with Crippen LogP contribution in [-0.2, 0) is 15.7 Å². The monoisotopic (exact) mass is 404 g/mol. The van der Waals surface area contributed by atoms with Gasteiger partial charge in [-0.2, -0.15) is 13.2 Å². The number of nitrogens with zero attached hydrogens (tertiary/aromatic N) is 1. The van der Waals surface area contributed by atoms with Gasteiger partial charge in [0.05, 0.1) is 24.8 Å². The minimum atomic E-state index is -4.41. The topological polar surface area (TPSA) is 41.6 Å². The van der Waals surface area contributed by atoms with Crippen LogP contribution >= 0.6 is 0 Å². The van der Waals surface area contributed by atoms with E-state index in [1.165, 1.54) is 24.3 Å². The Morgan fingerprint density at radius 1 is 1.10 bits per heavy atom. The van der Waals surface area contributed by atoms with E-state index in [4.69, 9.17) is 4.74 Å². The summed E-state index contributed by atoms with van der Waals surface area (Å²) in [6.45, 7) is 3.53. The molecule has 3 rings (SSSR count). The molecule has 1 aliphatic rings. The Balaban J connectivity index is 1.68. The van der Waals surface area contributed by atoms with Crippen molar-refractivity contribution < 1.29 is 22.7 Å². The molecule has 1 heterocycles. The van der Waals surface area contributed by atoms with Crippen LogP contribution in [0.5, 0.6) is 0 Å². The van der Waals surface area contributed by atoms with Gasteiger partial charge in [0.25, 0.3) is 0 Å². The summed E-state index contributed by atoms with van der Waals surface area (Å²) in [6, 6.07) is 14.3. The first-order valence-electron chi connectivity index (χ1n) is 9.43. The van der Waals surface area contributed by atoms with Crippen LogP contribution in [0, 0.1) is 0 Å². The Hall–Kier alpha value is -2.64. The fourth-order valence-corrected chi connectivity index (χ4v) is 3.17. The van der Waals surface area contributed by atoms with E-state index in [1.54, 1.807) is 0 Å². The molecule has 4 nitrogen and oxygen atoms in total. The number of carbonyl (C=O) groups is 1. The first-order chi connectivity index (χ1) is 13.9. The maximum atomic E-state index is 12.8. The molecule has 0 aromatic heterocycles. The molecule has 0 radical (unpaired) electrons. The maximum Gasteiger partial charge on any atom is 0.416 e. The van der Waals surface area contributed by atoms with Gasteiger partial charge in [0.1, 0.15) is 0 Å². The molecule has 1 amide bonds. The fraction of sp³-hybridized carbons (Fsp3) is 0.318. The molecule has 1 fully saturated rings. The number of morpholine rings is 1. The summed E-state index contributed by atoms with van der Waals surface area (Å²) in [5, 5.41) is 2.97.